The van der Waals surface area contributed by atoms with Gasteiger partial charge in [0.05, 0.1) is 56.9 Å². The van der Waals surface area contributed by atoms with Crippen LogP contribution in [0.3, 0.4) is 0 Å². The second-order valence-electron chi connectivity index (χ2n) is 22.1. The number of benzene rings is 8. The number of alkyl halides is 8. The van der Waals surface area contributed by atoms with E-state index in [0.29, 0.717) is 97.4 Å². The minimum atomic E-state index is 0.265. The molecule has 88 heavy (non-hydrogen) atoms. The SMILES string of the molecule is COc1c2cc(CCl)cc1Cc1cc(CCl)cc(c1OC)Cc1cc(CCl)cc(c1OC)Cc1cc(CCl)cc(c1OC)Cc1cc(CCl)cc(c1OC)Cc1cc(CCl)cc(c1OC)Cc1cc(CCl)cc(c1OC)Cc1cc(CCl)cc(c1OC)C2. The highest BCUT2D eigenvalue weighted by molar-refractivity contribution is 6.19. The van der Waals surface area contributed by atoms with Crippen molar-refractivity contribution in [1.82, 2.24) is 0 Å². The molecule has 0 atom stereocenters. The van der Waals surface area contributed by atoms with Crippen LogP contribution < -0.4 is 37.9 Å². The van der Waals surface area contributed by atoms with Crippen LogP contribution >= 0.6 is 92.8 Å². The lowest BCUT2D eigenvalue weighted by molar-refractivity contribution is 0.395. The Morgan fingerprint density at radius 2 is 0.261 bits per heavy atom. The zero-order valence-corrected chi connectivity index (χ0v) is 56.9. The fourth-order valence-electron chi connectivity index (χ4n) is 13.1. The summed E-state index contributed by atoms with van der Waals surface area (Å²) in [5.41, 5.74) is 22.1. The quantitative estimate of drug-likeness (QED) is 0.0886. The summed E-state index contributed by atoms with van der Waals surface area (Å²) >= 11 is 54.3. The molecule has 0 aliphatic heterocycles. The van der Waals surface area contributed by atoms with Gasteiger partial charge in [0.2, 0.25) is 0 Å². The molecule has 16 bridgehead atoms. The summed E-state index contributed by atoms with van der Waals surface area (Å²) in [5, 5.41) is 0. The molecular formula is C72H72Cl8O8. The van der Waals surface area contributed by atoms with Gasteiger partial charge in [-0.25, -0.2) is 0 Å². The van der Waals surface area contributed by atoms with Crippen molar-refractivity contribution in [3.63, 3.8) is 0 Å². The van der Waals surface area contributed by atoms with E-state index in [0.717, 1.165) is 134 Å². The average molecular weight is 1350 g/mol. The van der Waals surface area contributed by atoms with Crippen LogP contribution in [-0.4, -0.2) is 56.9 Å². The second-order valence-corrected chi connectivity index (χ2v) is 24.2. The maximum Gasteiger partial charge on any atom is 0.125 e. The summed E-state index contributed by atoms with van der Waals surface area (Å²) < 4.78 is 51.4. The molecule has 8 aromatic rings. The molecule has 0 N–H and O–H groups in total. The Bertz CT molecular complexity index is 2900. The fourth-order valence-corrected chi connectivity index (χ4v) is 14.3. The van der Waals surface area contributed by atoms with Gasteiger partial charge in [-0.15, -0.1) is 92.8 Å². The van der Waals surface area contributed by atoms with E-state index in [4.69, 9.17) is 131 Å². The smallest absolute Gasteiger partial charge is 0.125 e. The van der Waals surface area contributed by atoms with Crippen LogP contribution in [0, 0.1) is 0 Å². The van der Waals surface area contributed by atoms with E-state index in [9.17, 15) is 0 Å². The highest BCUT2D eigenvalue weighted by atomic mass is 35.5. The molecule has 0 amide bonds. The third-order valence-corrected chi connectivity index (χ3v) is 18.8. The van der Waals surface area contributed by atoms with Gasteiger partial charge in [0, 0.05) is 98.4 Å². The molecule has 0 saturated heterocycles. The van der Waals surface area contributed by atoms with E-state index in [1.54, 1.807) is 56.9 Å². The molecule has 0 spiro atoms. The molecule has 0 unspecified atom stereocenters. The van der Waals surface area contributed by atoms with E-state index < -0.39 is 0 Å². The standard InChI is InChI=1S/C72H72Cl8O8/c1-81-65-49-9-41(33-73)10-50(65)26-52-12-43(35-75)14-54(67(52)83-3)28-56-16-45(37-77)18-58(69(56)85-5)30-60-20-47(39-79)22-62(71(60)87-7)32-64-24-48(40-80)23-63(72(64)88-8)31-61-21-46(38-78)19-59(70(61)86-6)29-57-17-44(36-76)15-55(68(57)84-4)27-53-13-42(34-74)11-51(25-49)66(53)82-2/h9-24H,25-40H2,1-8H3. The maximum absolute atomic E-state index is 6.79. The van der Waals surface area contributed by atoms with Gasteiger partial charge >= 0.3 is 0 Å². The summed E-state index contributed by atoms with van der Waals surface area (Å²) in [6.45, 7) is 0. The summed E-state index contributed by atoms with van der Waals surface area (Å²) in [7, 11) is 13.6. The Balaban J connectivity index is 1.30. The maximum atomic E-state index is 6.79. The van der Waals surface area contributed by atoms with Gasteiger partial charge in [-0.05, 0) is 134 Å². The van der Waals surface area contributed by atoms with E-state index >= 15 is 0 Å². The molecule has 16 heteroatoms. The first-order chi connectivity index (χ1) is 42.8. The van der Waals surface area contributed by atoms with Crippen LogP contribution in [0.15, 0.2) is 97.1 Å². The average Bonchev–Trinajstić information content (AvgIpc) is 1.77. The monoisotopic (exact) mass is 1340 g/mol. The molecule has 0 heterocycles. The Kier molecular flexibility index (Phi) is 23.6. The van der Waals surface area contributed by atoms with Gasteiger partial charge in [0.15, 0.2) is 0 Å². The predicted molar refractivity (Wildman–Crippen MR) is 363 cm³/mol. The zero-order chi connectivity index (χ0) is 62.8. The number of fused-ring (bicyclic) bond motifs is 16. The molecule has 8 aromatic carbocycles. The molecule has 464 valence electrons. The van der Waals surface area contributed by atoms with Crippen molar-refractivity contribution < 1.29 is 37.9 Å². The zero-order valence-electron chi connectivity index (χ0n) is 50.8. The normalized spacial score (nSPS) is 12.5. The first kappa shape index (κ1) is 66.9. The highest BCUT2D eigenvalue weighted by Gasteiger charge is 2.27. The highest BCUT2D eigenvalue weighted by Crippen LogP contribution is 2.44. The Morgan fingerprint density at radius 3 is 0.318 bits per heavy atom. The summed E-state index contributed by atoms with van der Waals surface area (Å²) in [6.07, 6.45) is 3.45. The topological polar surface area (TPSA) is 73.8 Å². The third kappa shape index (κ3) is 14.6. The van der Waals surface area contributed by atoms with Crippen molar-refractivity contribution in [1.29, 1.82) is 0 Å². The van der Waals surface area contributed by atoms with Gasteiger partial charge in [-0.3, -0.25) is 0 Å². The van der Waals surface area contributed by atoms with Crippen molar-refractivity contribution in [3.8, 4) is 46.0 Å². The number of methoxy groups -OCH3 is 8. The van der Waals surface area contributed by atoms with Gasteiger partial charge in [-0.2, -0.15) is 0 Å². The molecular weight excluding hydrogens is 1280 g/mol. The summed E-state index contributed by atoms with van der Waals surface area (Å²) in [5.74, 6) is 7.80. The number of rotatable bonds is 16. The molecule has 0 aromatic heterocycles. The number of halogens is 8. The molecule has 0 radical (unpaired) electrons. The first-order valence-electron chi connectivity index (χ1n) is 28.8. The Morgan fingerprint density at radius 1 is 0.182 bits per heavy atom. The van der Waals surface area contributed by atoms with Gasteiger partial charge < -0.3 is 37.9 Å². The number of hydrogen-bond donors (Lipinski definition) is 0. The Hall–Kier alpha value is -5.52. The summed E-state index contributed by atoms with van der Waals surface area (Å²) in [4.78, 5) is 0. The fraction of sp³-hybridized carbons (Fsp3) is 0.333. The van der Waals surface area contributed by atoms with E-state index in [1.165, 1.54) is 0 Å². The largest absolute Gasteiger partial charge is 0.496 e. The molecule has 9 rings (SSSR count). The minimum Gasteiger partial charge on any atom is -0.496 e. The van der Waals surface area contributed by atoms with E-state index in [1.807, 2.05) is 0 Å². The lowest BCUT2D eigenvalue weighted by atomic mass is 9.88. The lowest BCUT2D eigenvalue weighted by Crippen LogP contribution is -2.08. The number of ether oxygens (including phenoxy) is 8. The van der Waals surface area contributed by atoms with Crippen LogP contribution in [0.1, 0.15) is 134 Å². The van der Waals surface area contributed by atoms with Gasteiger partial charge in [0.25, 0.3) is 0 Å². The Labute approximate surface area is 558 Å². The van der Waals surface area contributed by atoms with Crippen molar-refractivity contribution >= 4 is 92.8 Å². The molecule has 1 aliphatic rings. The van der Waals surface area contributed by atoms with Crippen LogP contribution in [0.4, 0.5) is 0 Å². The third-order valence-electron chi connectivity index (χ3n) is 16.3. The van der Waals surface area contributed by atoms with Crippen molar-refractivity contribution in [3.05, 3.63) is 231 Å². The van der Waals surface area contributed by atoms with Crippen molar-refractivity contribution in [2.24, 2.45) is 0 Å². The van der Waals surface area contributed by atoms with Crippen molar-refractivity contribution in [2.75, 3.05) is 56.9 Å². The molecule has 8 nitrogen and oxygen atoms in total. The van der Waals surface area contributed by atoms with Crippen LogP contribution in [-0.2, 0) is 98.4 Å². The predicted octanol–water partition coefficient (Wildman–Crippen LogP) is 18.7. The van der Waals surface area contributed by atoms with Crippen LogP contribution in [0.25, 0.3) is 0 Å². The molecule has 0 fully saturated rings. The van der Waals surface area contributed by atoms with Crippen LogP contribution in [0.5, 0.6) is 46.0 Å². The van der Waals surface area contributed by atoms with Gasteiger partial charge in [-0.1, -0.05) is 97.1 Å². The van der Waals surface area contributed by atoms with Gasteiger partial charge in [0.1, 0.15) is 46.0 Å². The lowest BCUT2D eigenvalue weighted by Gasteiger charge is -2.23. The van der Waals surface area contributed by atoms with E-state index in [2.05, 4.69) is 97.1 Å². The van der Waals surface area contributed by atoms with E-state index in [-0.39, 0.29) is 47.0 Å². The second kappa shape index (κ2) is 31.0. The molecule has 0 saturated carbocycles. The number of hydrogen-bond acceptors (Lipinski definition) is 8. The summed E-state index contributed by atoms with van der Waals surface area (Å²) in [6, 6.07) is 33.6. The molecule has 1 aliphatic carbocycles. The minimum absolute atomic E-state index is 0.265. The first-order valence-corrected chi connectivity index (χ1v) is 33.0. The van der Waals surface area contributed by atoms with Crippen LogP contribution in [0.2, 0.25) is 0 Å². The van der Waals surface area contributed by atoms with Crippen molar-refractivity contribution in [2.45, 2.75) is 98.4 Å².